The van der Waals surface area contributed by atoms with Crippen LogP contribution in [-0.2, 0) is 15.2 Å². The van der Waals surface area contributed by atoms with E-state index in [9.17, 15) is 24.6 Å². The molecule has 1 aromatic heterocycles. The lowest BCUT2D eigenvalue weighted by Gasteiger charge is -2.21. The van der Waals surface area contributed by atoms with Gasteiger partial charge in [-0.15, -0.1) is 0 Å². The third kappa shape index (κ3) is 3.61. The van der Waals surface area contributed by atoms with Crippen LogP contribution in [-0.4, -0.2) is 39.2 Å². The largest absolute Gasteiger partial charge is 0.481 e. The van der Waals surface area contributed by atoms with Crippen LogP contribution in [0.15, 0.2) is 54.6 Å². The van der Waals surface area contributed by atoms with Crippen LogP contribution in [0.4, 0.5) is 10.5 Å². The van der Waals surface area contributed by atoms with E-state index in [2.05, 4.69) is 0 Å². The number of hydrogen-bond acceptors (Lipinski definition) is 4. The number of aromatic nitrogens is 1. The monoisotopic (exact) mass is 485 g/mol. The van der Waals surface area contributed by atoms with Crippen LogP contribution in [0.2, 0.25) is 0 Å². The first-order valence-corrected chi connectivity index (χ1v) is 11.7. The summed E-state index contributed by atoms with van der Waals surface area (Å²) < 4.78 is 1.45. The molecule has 0 saturated carbocycles. The average molecular weight is 486 g/mol. The molecule has 2 heterocycles. The van der Waals surface area contributed by atoms with E-state index in [0.717, 1.165) is 27.5 Å². The summed E-state index contributed by atoms with van der Waals surface area (Å²) in [6.07, 6.45) is -0.0236. The van der Waals surface area contributed by atoms with Crippen molar-refractivity contribution < 1.29 is 24.6 Å². The summed E-state index contributed by atoms with van der Waals surface area (Å²) in [6.45, 7) is 5.40. The molecule has 1 aliphatic rings. The van der Waals surface area contributed by atoms with E-state index >= 15 is 0 Å². The van der Waals surface area contributed by atoms with E-state index < -0.39 is 23.5 Å². The van der Waals surface area contributed by atoms with Gasteiger partial charge in [-0.1, -0.05) is 36.4 Å². The molecule has 1 aliphatic heterocycles. The van der Waals surface area contributed by atoms with Crippen LogP contribution < -0.4 is 10.6 Å². The van der Waals surface area contributed by atoms with Crippen molar-refractivity contribution in [3.63, 3.8) is 0 Å². The normalized spacial score (nSPS) is 16.3. The number of benzene rings is 3. The second-order valence-corrected chi connectivity index (χ2v) is 9.86. The first-order chi connectivity index (χ1) is 17.0. The zero-order valence-corrected chi connectivity index (χ0v) is 20.3. The number of carbonyl (C=O) groups is 3. The molecule has 36 heavy (non-hydrogen) atoms. The molecule has 3 aromatic carbocycles. The molecule has 5 rings (SSSR count). The second-order valence-electron chi connectivity index (χ2n) is 9.86. The summed E-state index contributed by atoms with van der Waals surface area (Å²) in [5.74, 6) is -1.93. The highest BCUT2D eigenvalue weighted by Gasteiger charge is 2.36. The minimum Gasteiger partial charge on any atom is -0.481 e. The third-order valence-corrected chi connectivity index (χ3v) is 7.08. The topological polar surface area (TPSA) is 126 Å². The van der Waals surface area contributed by atoms with Crippen molar-refractivity contribution in [1.29, 1.82) is 0 Å². The van der Waals surface area contributed by atoms with Crippen molar-refractivity contribution in [2.75, 3.05) is 11.4 Å². The van der Waals surface area contributed by atoms with E-state index in [-0.39, 0.29) is 18.9 Å². The highest BCUT2D eigenvalue weighted by atomic mass is 16.4. The molecule has 8 nitrogen and oxygen atoms in total. The Labute approximate surface area is 207 Å². The average Bonchev–Trinajstić information content (AvgIpc) is 3.36. The van der Waals surface area contributed by atoms with Gasteiger partial charge in [0, 0.05) is 29.4 Å². The van der Waals surface area contributed by atoms with Crippen molar-refractivity contribution in [3.8, 4) is 11.1 Å². The fraction of sp³-hybridized carbons (Fsp3) is 0.250. The Morgan fingerprint density at radius 2 is 1.72 bits per heavy atom. The smallest absolute Gasteiger partial charge is 0.323 e. The number of carboxylic acids is 1. The van der Waals surface area contributed by atoms with E-state index in [4.69, 9.17) is 5.73 Å². The van der Waals surface area contributed by atoms with Crippen molar-refractivity contribution in [2.24, 2.45) is 11.7 Å². The first kappa shape index (κ1) is 23.6. The second kappa shape index (κ2) is 8.20. The fourth-order valence-corrected chi connectivity index (χ4v) is 5.22. The summed E-state index contributed by atoms with van der Waals surface area (Å²) in [5.41, 5.74) is 9.80. The number of amides is 2. The molecule has 1 saturated heterocycles. The highest BCUT2D eigenvalue weighted by Crippen LogP contribution is 2.41. The van der Waals surface area contributed by atoms with Crippen LogP contribution in [0, 0.1) is 12.8 Å². The van der Waals surface area contributed by atoms with Gasteiger partial charge in [-0.2, -0.15) is 0 Å². The third-order valence-electron chi connectivity index (χ3n) is 7.08. The summed E-state index contributed by atoms with van der Waals surface area (Å²) in [6, 6.07) is 16.1. The van der Waals surface area contributed by atoms with Gasteiger partial charge < -0.3 is 20.8 Å². The SMILES string of the molecule is Cc1c(-c2cccc3c2c2ccc(C(C)(C)O)cc2n3C(N)=O)cccc1N1CC(C(=O)O)CC1=O. The van der Waals surface area contributed by atoms with E-state index in [1.54, 1.807) is 24.8 Å². The summed E-state index contributed by atoms with van der Waals surface area (Å²) in [4.78, 5) is 38.2. The number of rotatable bonds is 4. The molecule has 2 amide bonds. The molecule has 1 fully saturated rings. The van der Waals surface area contributed by atoms with Gasteiger partial charge in [0.15, 0.2) is 0 Å². The molecule has 0 radical (unpaired) electrons. The van der Waals surface area contributed by atoms with E-state index in [0.29, 0.717) is 22.3 Å². The maximum atomic E-state index is 12.7. The number of nitrogens with two attached hydrogens (primary N) is 1. The lowest BCUT2D eigenvalue weighted by atomic mass is 9.93. The number of aliphatic hydroxyl groups is 1. The van der Waals surface area contributed by atoms with E-state index in [1.165, 1.54) is 4.57 Å². The predicted octanol–water partition coefficient (Wildman–Crippen LogP) is 4.36. The van der Waals surface area contributed by atoms with Gasteiger partial charge in [0.05, 0.1) is 22.6 Å². The van der Waals surface area contributed by atoms with Crippen molar-refractivity contribution in [3.05, 3.63) is 65.7 Å². The van der Waals surface area contributed by atoms with Crippen LogP contribution in [0.1, 0.15) is 31.4 Å². The summed E-state index contributed by atoms with van der Waals surface area (Å²) >= 11 is 0. The number of fused-ring (bicyclic) bond motifs is 3. The standard InChI is InChI=1S/C28H27N3O5/c1-15-18(6-4-8-21(15)30-14-16(26(33)34)12-24(30)32)19-7-5-9-22-25(19)20-11-10-17(28(2,3)36)13-23(20)31(22)27(29)35/h4-11,13,16,36H,12,14H2,1-3H3,(H2,29,35)(H,33,34). The maximum Gasteiger partial charge on any atom is 0.323 e. The minimum atomic E-state index is -1.10. The maximum absolute atomic E-state index is 12.7. The van der Waals surface area contributed by atoms with Gasteiger partial charge in [0.25, 0.3) is 0 Å². The van der Waals surface area contributed by atoms with Crippen molar-refractivity contribution in [2.45, 2.75) is 32.8 Å². The number of primary amides is 1. The Bertz CT molecular complexity index is 1580. The molecule has 0 spiro atoms. The van der Waals surface area contributed by atoms with Gasteiger partial charge in [-0.3, -0.25) is 14.2 Å². The van der Waals surface area contributed by atoms with Crippen LogP contribution in [0.5, 0.6) is 0 Å². The number of hydrogen-bond donors (Lipinski definition) is 3. The number of nitrogens with zero attached hydrogens (tertiary/aromatic N) is 2. The first-order valence-electron chi connectivity index (χ1n) is 11.7. The molecule has 8 heteroatoms. The number of carbonyl (C=O) groups excluding carboxylic acids is 2. The summed E-state index contributed by atoms with van der Waals surface area (Å²) in [5, 5.41) is 21.6. The van der Waals surface area contributed by atoms with Crippen LogP contribution >= 0.6 is 0 Å². The zero-order chi connectivity index (χ0) is 25.9. The number of aliphatic carboxylic acids is 1. The summed E-state index contributed by atoms with van der Waals surface area (Å²) in [7, 11) is 0. The Hall–Kier alpha value is -4.17. The van der Waals surface area contributed by atoms with E-state index in [1.807, 2.05) is 55.5 Å². The molecule has 1 atom stereocenters. The Morgan fingerprint density at radius 3 is 2.36 bits per heavy atom. The van der Waals surface area contributed by atoms with Gasteiger partial charge in [0.1, 0.15) is 0 Å². The van der Waals surface area contributed by atoms with Gasteiger partial charge in [-0.05, 0) is 61.2 Å². The van der Waals surface area contributed by atoms with Crippen molar-refractivity contribution >= 4 is 45.4 Å². The zero-order valence-electron chi connectivity index (χ0n) is 20.3. The Kier molecular flexibility index (Phi) is 5.37. The Balaban J connectivity index is 1.75. The van der Waals surface area contributed by atoms with Crippen LogP contribution in [0.25, 0.3) is 32.9 Å². The molecule has 4 N–H and O–H groups in total. The Morgan fingerprint density at radius 1 is 1.03 bits per heavy atom. The fourth-order valence-electron chi connectivity index (χ4n) is 5.22. The number of carboxylic acid groups (broad SMARTS) is 1. The van der Waals surface area contributed by atoms with Crippen molar-refractivity contribution in [1.82, 2.24) is 4.57 Å². The number of anilines is 1. The van der Waals surface area contributed by atoms with Gasteiger partial charge >= 0.3 is 12.0 Å². The van der Waals surface area contributed by atoms with Gasteiger partial charge in [-0.25, -0.2) is 4.79 Å². The lowest BCUT2D eigenvalue weighted by molar-refractivity contribution is -0.141. The predicted molar refractivity (Wildman–Crippen MR) is 138 cm³/mol. The molecular weight excluding hydrogens is 458 g/mol. The molecule has 1 unspecified atom stereocenters. The quantitative estimate of drug-likeness (QED) is 0.396. The van der Waals surface area contributed by atoms with Crippen LogP contribution in [0.3, 0.4) is 0 Å². The minimum absolute atomic E-state index is 0.0236. The molecular formula is C28H27N3O5. The molecule has 0 bridgehead atoms. The lowest BCUT2D eigenvalue weighted by Crippen LogP contribution is -2.26. The highest BCUT2D eigenvalue weighted by molar-refractivity contribution is 6.18. The molecule has 0 aliphatic carbocycles. The van der Waals surface area contributed by atoms with Gasteiger partial charge in [0.2, 0.25) is 5.91 Å². The molecule has 184 valence electrons. The molecule has 4 aromatic rings.